The third-order valence-electron chi connectivity index (χ3n) is 2.82. The van der Waals surface area contributed by atoms with Gasteiger partial charge in [0.2, 0.25) is 11.7 Å². The first-order valence-corrected chi connectivity index (χ1v) is 6.29. The molecule has 0 aliphatic carbocycles. The van der Waals surface area contributed by atoms with E-state index in [1.807, 2.05) is 12.1 Å². The quantitative estimate of drug-likeness (QED) is 0.845. The van der Waals surface area contributed by atoms with Gasteiger partial charge in [0.15, 0.2) is 11.5 Å². The van der Waals surface area contributed by atoms with Crippen LogP contribution in [-0.4, -0.2) is 38.3 Å². The van der Waals surface area contributed by atoms with Crippen molar-refractivity contribution in [2.75, 3.05) is 39.0 Å². The van der Waals surface area contributed by atoms with Crippen molar-refractivity contribution >= 4 is 17.5 Å². The number of hydrogen-bond donors (Lipinski definition) is 2. The first-order chi connectivity index (χ1) is 10.2. The molecule has 0 aliphatic heterocycles. The van der Waals surface area contributed by atoms with E-state index in [4.69, 9.17) is 14.2 Å². The van der Waals surface area contributed by atoms with Gasteiger partial charge < -0.3 is 24.8 Å². The average molecular weight is 290 g/mol. The van der Waals surface area contributed by atoms with E-state index in [1.165, 1.54) is 0 Å². The van der Waals surface area contributed by atoms with Gasteiger partial charge in [-0.25, -0.2) is 4.98 Å². The molecule has 2 rings (SSSR count). The van der Waals surface area contributed by atoms with Gasteiger partial charge in [-0.1, -0.05) is 0 Å². The third kappa shape index (κ3) is 3.25. The van der Waals surface area contributed by atoms with Crippen molar-refractivity contribution in [1.29, 1.82) is 0 Å². The number of nitrogens with zero attached hydrogens (tertiary/aromatic N) is 2. The molecule has 21 heavy (non-hydrogen) atoms. The van der Waals surface area contributed by atoms with E-state index in [0.717, 1.165) is 5.69 Å². The van der Waals surface area contributed by atoms with E-state index < -0.39 is 0 Å². The average Bonchev–Trinajstić information content (AvgIpc) is 2.53. The Bertz CT molecular complexity index is 594. The summed E-state index contributed by atoms with van der Waals surface area (Å²) in [6, 6.07) is 5.38. The number of anilines is 3. The molecule has 1 aromatic heterocycles. The summed E-state index contributed by atoms with van der Waals surface area (Å²) in [6.07, 6.45) is 1.67. The highest BCUT2D eigenvalue weighted by Gasteiger charge is 2.13. The SMILES string of the molecule is CNc1nccc(Nc2cc(OC)c(OC)c(OC)c2)n1. The van der Waals surface area contributed by atoms with Gasteiger partial charge in [-0.15, -0.1) is 0 Å². The molecule has 2 aromatic rings. The van der Waals surface area contributed by atoms with E-state index >= 15 is 0 Å². The summed E-state index contributed by atoms with van der Waals surface area (Å²) in [7, 11) is 6.48. The highest BCUT2D eigenvalue weighted by atomic mass is 16.5. The number of ether oxygens (including phenoxy) is 3. The summed E-state index contributed by atoms with van der Waals surface area (Å²) >= 11 is 0. The molecule has 0 saturated carbocycles. The van der Waals surface area contributed by atoms with Crippen LogP contribution in [-0.2, 0) is 0 Å². The monoisotopic (exact) mass is 290 g/mol. The molecule has 7 nitrogen and oxygen atoms in total. The van der Waals surface area contributed by atoms with Crippen LogP contribution in [0.15, 0.2) is 24.4 Å². The van der Waals surface area contributed by atoms with Crippen molar-refractivity contribution in [1.82, 2.24) is 9.97 Å². The van der Waals surface area contributed by atoms with E-state index in [-0.39, 0.29) is 0 Å². The Labute approximate surface area is 123 Å². The zero-order valence-electron chi connectivity index (χ0n) is 12.4. The molecule has 0 saturated heterocycles. The van der Waals surface area contributed by atoms with Crippen LogP contribution in [0.1, 0.15) is 0 Å². The Balaban J connectivity index is 2.35. The summed E-state index contributed by atoms with van der Waals surface area (Å²) in [5, 5.41) is 6.06. The van der Waals surface area contributed by atoms with Crippen LogP contribution in [0, 0.1) is 0 Å². The number of rotatable bonds is 6. The lowest BCUT2D eigenvalue weighted by atomic mass is 10.2. The maximum absolute atomic E-state index is 5.31. The summed E-state index contributed by atoms with van der Waals surface area (Å²) in [6.45, 7) is 0. The highest BCUT2D eigenvalue weighted by molar-refractivity contribution is 5.66. The summed E-state index contributed by atoms with van der Waals surface area (Å²) in [5.74, 6) is 2.88. The predicted octanol–water partition coefficient (Wildman–Crippen LogP) is 2.29. The second-order valence-corrected chi connectivity index (χ2v) is 4.05. The van der Waals surface area contributed by atoms with Crippen molar-refractivity contribution in [3.8, 4) is 17.2 Å². The molecule has 0 unspecified atom stereocenters. The number of hydrogen-bond acceptors (Lipinski definition) is 7. The van der Waals surface area contributed by atoms with Crippen molar-refractivity contribution in [2.45, 2.75) is 0 Å². The van der Waals surface area contributed by atoms with Gasteiger partial charge in [-0.05, 0) is 6.07 Å². The molecule has 0 bridgehead atoms. The van der Waals surface area contributed by atoms with Gasteiger partial charge in [0.05, 0.1) is 21.3 Å². The molecule has 0 radical (unpaired) electrons. The summed E-state index contributed by atoms with van der Waals surface area (Å²) in [5.41, 5.74) is 0.769. The number of nitrogens with one attached hydrogen (secondary N) is 2. The molecule has 1 heterocycles. The molecule has 0 fully saturated rings. The van der Waals surface area contributed by atoms with E-state index in [0.29, 0.717) is 29.0 Å². The summed E-state index contributed by atoms with van der Waals surface area (Å²) < 4.78 is 15.9. The zero-order valence-corrected chi connectivity index (χ0v) is 12.4. The van der Waals surface area contributed by atoms with Crippen LogP contribution >= 0.6 is 0 Å². The fraction of sp³-hybridized carbons (Fsp3) is 0.286. The first kappa shape index (κ1) is 14.7. The van der Waals surface area contributed by atoms with Crippen molar-refractivity contribution < 1.29 is 14.2 Å². The Kier molecular flexibility index (Phi) is 4.65. The lowest BCUT2D eigenvalue weighted by Gasteiger charge is -2.15. The molecule has 0 spiro atoms. The maximum atomic E-state index is 5.31. The molecule has 0 amide bonds. The Morgan fingerprint density at radius 3 is 2.19 bits per heavy atom. The van der Waals surface area contributed by atoms with Gasteiger partial charge in [-0.2, -0.15) is 4.98 Å². The third-order valence-corrected chi connectivity index (χ3v) is 2.82. The Morgan fingerprint density at radius 1 is 1.00 bits per heavy atom. The fourth-order valence-corrected chi connectivity index (χ4v) is 1.85. The minimum Gasteiger partial charge on any atom is -0.493 e. The molecule has 0 atom stereocenters. The zero-order chi connectivity index (χ0) is 15.2. The topological polar surface area (TPSA) is 77.5 Å². The molecule has 0 aliphatic rings. The Morgan fingerprint density at radius 2 is 1.67 bits per heavy atom. The van der Waals surface area contributed by atoms with Crippen LogP contribution in [0.2, 0.25) is 0 Å². The van der Waals surface area contributed by atoms with Gasteiger partial charge in [0.25, 0.3) is 0 Å². The number of benzene rings is 1. The fourth-order valence-electron chi connectivity index (χ4n) is 1.85. The number of aromatic nitrogens is 2. The standard InChI is InChI=1S/C14H18N4O3/c1-15-14-16-6-5-12(18-14)17-9-7-10(19-2)13(21-4)11(8-9)20-3/h5-8H,1-4H3,(H2,15,16,17,18). The van der Waals surface area contributed by atoms with Crippen molar-refractivity contribution in [3.63, 3.8) is 0 Å². The lowest BCUT2D eigenvalue weighted by Crippen LogP contribution is -2.01. The molecular formula is C14H18N4O3. The largest absolute Gasteiger partial charge is 0.493 e. The lowest BCUT2D eigenvalue weighted by molar-refractivity contribution is 0.324. The van der Waals surface area contributed by atoms with Gasteiger partial charge in [-0.3, -0.25) is 0 Å². The minimum atomic E-state index is 0.535. The van der Waals surface area contributed by atoms with Gasteiger partial charge in [0, 0.05) is 31.1 Å². The first-order valence-electron chi connectivity index (χ1n) is 6.29. The molecular weight excluding hydrogens is 272 g/mol. The van der Waals surface area contributed by atoms with Crippen LogP contribution in [0.3, 0.4) is 0 Å². The smallest absolute Gasteiger partial charge is 0.224 e. The normalized spacial score (nSPS) is 9.90. The van der Waals surface area contributed by atoms with Crippen LogP contribution in [0.4, 0.5) is 17.5 Å². The van der Waals surface area contributed by atoms with E-state index in [2.05, 4.69) is 20.6 Å². The molecule has 2 N–H and O–H groups in total. The Hall–Kier alpha value is -2.70. The number of methoxy groups -OCH3 is 3. The maximum Gasteiger partial charge on any atom is 0.224 e. The van der Waals surface area contributed by atoms with Crippen LogP contribution in [0.5, 0.6) is 17.2 Å². The minimum absolute atomic E-state index is 0.535. The van der Waals surface area contributed by atoms with Gasteiger partial charge >= 0.3 is 0 Å². The molecule has 7 heteroatoms. The molecule has 1 aromatic carbocycles. The van der Waals surface area contributed by atoms with Crippen LogP contribution in [0.25, 0.3) is 0 Å². The second-order valence-electron chi connectivity index (χ2n) is 4.05. The summed E-state index contributed by atoms with van der Waals surface area (Å²) in [4.78, 5) is 8.36. The second kappa shape index (κ2) is 6.65. The van der Waals surface area contributed by atoms with E-state index in [1.54, 1.807) is 40.6 Å². The van der Waals surface area contributed by atoms with Crippen molar-refractivity contribution in [2.24, 2.45) is 0 Å². The molecule has 112 valence electrons. The van der Waals surface area contributed by atoms with Gasteiger partial charge in [0.1, 0.15) is 5.82 Å². The van der Waals surface area contributed by atoms with E-state index in [9.17, 15) is 0 Å². The van der Waals surface area contributed by atoms with Crippen molar-refractivity contribution in [3.05, 3.63) is 24.4 Å². The van der Waals surface area contributed by atoms with Crippen LogP contribution < -0.4 is 24.8 Å². The predicted molar refractivity (Wildman–Crippen MR) is 81.0 cm³/mol. The highest BCUT2D eigenvalue weighted by Crippen LogP contribution is 2.40.